The largest absolute Gasteiger partial charge is 0.458 e. The number of hydrogen-bond acceptors (Lipinski definition) is 5. The summed E-state index contributed by atoms with van der Waals surface area (Å²) in [6.45, 7) is 11.9. The highest BCUT2D eigenvalue weighted by atomic mass is 35.5. The van der Waals surface area contributed by atoms with E-state index in [1.165, 1.54) is 5.57 Å². The molecule has 0 bridgehead atoms. The Kier molecular flexibility index (Phi) is 10.7. The Morgan fingerprint density at radius 2 is 2.00 bits per heavy atom. The highest BCUT2D eigenvalue weighted by Gasteiger charge is 2.42. The smallest absolute Gasteiger partial charge is 0.332 e. The third-order valence-corrected chi connectivity index (χ3v) is 6.99. The van der Waals surface area contributed by atoms with Crippen molar-refractivity contribution in [1.29, 1.82) is 0 Å². The first-order valence-electron chi connectivity index (χ1n) is 12.5. The summed E-state index contributed by atoms with van der Waals surface area (Å²) < 4.78 is 10.8. The van der Waals surface area contributed by atoms with Crippen LogP contribution in [-0.4, -0.2) is 47.2 Å². The summed E-state index contributed by atoms with van der Waals surface area (Å²) in [5, 5.41) is 22.0. The Hall–Kier alpha value is -1.32. The van der Waals surface area contributed by atoms with Gasteiger partial charge in [-0.3, -0.25) is 0 Å². The van der Waals surface area contributed by atoms with Crippen LogP contribution >= 0.6 is 11.6 Å². The molecule has 2 aliphatic rings. The lowest BCUT2D eigenvalue weighted by Gasteiger charge is -2.31. The molecule has 0 radical (unpaired) electrons. The topological polar surface area (TPSA) is 76.0 Å². The summed E-state index contributed by atoms with van der Waals surface area (Å²) in [6, 6.07) is 0. The summed E-state index contributed by atoms with van der Waals surface area (Å²) in [4.78, 5) is 11.8. The number of ether oxygens (including phenoxy) is 2. The molecule has 0 aliphatic heterocycles. The molecule has 0 spiro atoms. The lowest BCUT2D eigenvalue weighted by molar-refractivity contribution is -0.160. The SMILES string of the molecule is CCC#CCC(C)(C)[C@H](O)/C(Cl)=C/[C@@H]1[C@H]2CCC(CCOCC(=O)OC(C)(C)C)=C[C@H]2C[C@H]1O. The average molecular weight is 495 g/mol. The van der Waals surface area contributed by atoms with Gasteiger partial charge in [0.2, 0.25) is 0 Å². The van der Waals surface area contributed by atoms with Crippen LogP contribution in [0.15, 0.2) is 22.8 Å². The molecule has 0 heterocycles. The van der Waals surface area contributed by atoms with E-state index in [4.69, 9.17) is 21.1 Å². The van der Waals surface area contributed by atoms with Gasteiger partial charge in [-0.25, -0.2) is 4.79 Å². The van der Waals surface area contributed by atoms with Crippen LogP contribution in [-0.2, 0) is 14.3 Å². The van der Waals surface area contributed by atoms with Crippen molar-refractivity contribution in [3.63, 3.8) is 0 Å². The van der Waals surface area contributed by atoms with Crippen molar-refractivity contribution in [2.75, 3.05) is 13.2 Å². The van der Waals surface area contributed by atoms with Crippen LogP contribution in [0.2, 0.25) is 0 Å². The van der Waals surface area contributed by atoms with Gasteiger partial charge in [-0.2, -0.15) is 0 Å². The maximum atomic E-state index is 11.8. The molecular formula is C28H43ClO5. The number of aliphatic hydroxyl groups excluding tert-OH is 2. The zero-order valence-electron chi connectivity index (χ0n) is 21.7. The average Bonchev–Trinajstić information content (AvgIpc) is 3.03. The number of carbonyl (C=O) groups is 1. The molecule has 0 aromatic heterocycles. The van der Waals surface area contributed by atoms with E-state index in [1.54, 1.807) is 0 Å². The second kappa shape index (κ2) is 12.6. The minimum Gasteiger partial charge on any atom is -0.458 e. The van der Waals surface area contributed by atoms with Gasteiger partial charge >= 0.3 is 5.97 Å². The van der Waals surface area contributed by atoms with Crippen molar-refractivity contribution in [2.45, 2.75) is 97.9 Å². The van der Waals surface area contributed by atoms with E-state index in [0.717, 1.165) is 25.7 Å². The fraction of sp³-hybridized carbons (Fsp3) is 0.750. The molecule has 2 rings (SSSR count). The van der Waals surface area contributed by atoms with E-state index in [0.29, 0.717) is 30.4 Å². The van der Waals surface area contributed by atoms with Crippen LogP contribution in [0.4, 0.5) is 0 Å². The van der Waals surface area contributed by atoms with Gasteiger partial charge in [0.25, 0.3) is 0 Å². The third kappa shape index (κ3) is 8.72. The Morgan fingerprint density at radius 1 is 1.29 bits per heavy atom. The van der Waals surface area contributed by atoms with Gasteiger partial charge in [0.15, 0.2) is 0 Å². The van der Waals surface area contributed by atoms with E-state index in [2.05, 4.69) is 17.9 Å². The molecule has 0 aromatic carbocycles. The number of halogens is 1. The van der Waals surface area contributed by atoms with Crippen molar-refractivity contribution in [3.05, 3.63) is 22.8 Å². The standard InChI is InChI=1S/C28H43ClO5/c1-7-8-9-13-28(5,6)26(32)23(29)17-22-21-11-10-19(15-20(21)16-24(22)30)12-14-33-18-25(31)34-27(2,3)4/h15,17,20-22,24,26,30,32H,7,10-14,16,18H2,1-6H3/b23-17-/t20-,21-,22+,24+,26+/m0/s1. The quantitative estimate of drug-likeness (QED) is 0.195. The number of hydrogen-bond donors (Lipinski definition) is 2. The molecule has 0 saturated heterocycles. The van der Waals surface area contributed by atoms with E-state index in [1.807, 2.05) is 47.6 Å². The zero-order valence-corrected chi connectivity index (χ0v) is 22.5. The number of fused-ring (bicyclic) bond motifs is 1. The number of carbonyl (C=O) groups excluding carboxylic acids is 1. The maximum Gasteiger partial charge on any atom is 0.332 e. The summed E-state index contributed by atoms with van der Waals surface area (Å²) >= 11 is 6.57. The maximum absolute atomic E-state index is 11.8. The molecule has 2 N–H and O–H groups in total. The molecular weight excluding hydrogens is 452 g/mol. The zero-order chi connectivity index (χ0) is 25.5. The first-order chi connectivity index (χ1) is 15.8. The predicted octanol–water partition coefficient (Wildman–Crippen LogP) is 5.38. The van der Waals surface area contributed by atoms with E-state index in [-0.39, 0.29) is 24.4 Å². The molecule has 5 atom stereocenters. The van der Waals surface area contributed by atoms with E-state index < -0.39 is 23.2 Å². The van der Waals surface area contributed by atoms with Gasteiger partial charge in [-0.1, -0.05) is 50.1 Å². The summed E-state index contributed by atoms with van der Waals surface area (Å²) in [5.74, 6) is 6.35. The van der Waals surface area contributed by atoms with Crippen molar-refractivity contribution in [2.24, 2.45) is 23.2 Å². The second-order valence-electron chi connectivity index (χ2n) is 11.3. The molecule has 2 aliphatic carbocycles. The fourth-order valence-electron chi connectivity index (χ4n) is 4.85. The van der Waals surface area contributed by atoms with E-state index >= 15 is 0 Å². The van der Waals surface area contributed by atoms with Crippen molar-refractivity contribution >= 4 is 17.6 Å². The first kappa shape index (κ1) is 28.9. The lowest BCUT2D eigenvalue weighted by Crippen LogP contribution is -2.30. The summed E-state index contributed by atoms with van der Waals surface area (Å²) in [5.41, 5.74) is 0.342. The van der Waals surface area contributed by atoms with Crippen LogP contribution in [0.25, 0.3) is 0 Å². The fourth-order valence-corrected chi connectivity index (χ4v) is 5.29. The molecule has 6 heteroatoms. The minimum atomic E-state index is -0.816. The highest BCUT2D eigenvalue weighted by molar-refractivity contribution is 6.30. The molecule has 1 saturated carbocycles. The Bertz CT molecular complexity index is 811. The number of rotatable bonds is 9. The van der Waals surface area contributed by atoms with Gasteiger partial charge < -0.3 is 19.7 Å². The van der Waals surface area contributed by atoms with Gasteiger partial charge in [-0.05, 0) is 58.3 Å². The molecule has 34 heavy (non-hydrogen) atoms. The predicted molar refractivity (Wildman–Crippen MR) is 136 cm³/mol. The van der Waals surface area contributed by atoms with Gasteiger partial charge in [-0.15, -0.1) is 11.8 Å². The normalized spacial score (nSPS) is 26.3. The van der Waals surface area contributed by atoms with Gasteiger partial charge in [0.1, 0.15) is 12.2 Å². The Balaban J connectivity index is 1.91. The monoisotopic (exact) mass is 494 g/mol. The highest BCUT2D eigenvalue weighted by Crippen LogP contribution is 2.47. The van der Waals surface area contributed by atoms with Crippen LogP contribution in [0.1, 0.15) is 80.1 Å². The Morgan fingerprint density at radius 3 is 2.65 bits per heavy atom. The third-order valence-electron chi connectivity index (χ3n) is 6.66. The van der Waals surface area contributed by atoms with Crippen LogP contribution in [0.3, 0.4) is 0 Å². The van der Waals surface area contributed by atoms with Gasteiger partial charge in [0.05, 0.1) is 18.8 Å². The van der Waals surface area contributed by atoms with Gasteiger partial charge in [0, 0.05) is 29.2 Å². The molecule has 1 fully saturated rings. The second-order valence-corrected chi connectivity index (χ2v) is 11.7. The molecule has 0 unspecified atom stereocenters. The van der Waals surface area contributed by atoms with Crippen molar-refractivity contribution in [1.82, 2.24) is 0 Å². The first-order valence-corrected chi connectivity index (χ1v) is 12.9. The van der Waals surface area contributed by atoms with E-state index in [9.17, 15) is 15.0 Å². The number of esters is 1. The summed E-state index contributed by atoms with van der Waals surface area (Å²) in [7, 11) is 0. The summed E-state index contributed by atoms with van der Waals surface area (Å²) in [6.07, 6.45) is 7.59. The molecule has 5 nitrogen and oxygen atoms in total. The Labute approximate surface area is 210 Å². The van der Waals surface area contributed by atoms with Crippen LogP contribution in [0.5, 0.6) is 0 Å². The van der Waals surface area contributed by atoms with Crippen LogP contribution in [0, 0.1) is 35.0 Å². The van der Waals surface area contributed by atoms with Crippen LogP contribution < -0.4 is 0 Å². The molecule has 0 amide bonds. The number of aliphatic hydroxyl groups is 2. The number of allylic oxidation sites excluding steroid dienone is 1. The van der Waals surface area contributed by atoms with Crippen molar-refractivity contribution in [3.8, 4) is 11.8 Å². The molecule has 192 valence electrons. The minimum absolute atomic E-state index is 0.0383. The van der Waals surface area contributed by atoms with Crippen molar-refractivity contribution < 1.29 is 24.5 Å². The molecule has 0 aromatic rings. The lowest BCUT2D eigenvalue weighted by atomic mass is 9.77.